The molecule has 0 bridgehead atoms. The first-order chi connectivity index (χ1) is 17.8. The highest BCUT2D eigenvalue weighted by Gasteiger charge is 2.37. The van der Waals surface area contributed by atoms with Crippen molar-refractivity contribution in [2.45, 2.75) is 51.8 Å². The number of nitrogens with two attached hydrogens (primary N) is 1. The van der Waals surface area contributed by atoms with Gasteiger partial charge in [-0.15, -0.1) is 0 Å². The van der Waals surface area contributed by atoms with Gasteiger partial charge in [-0.2, -0.15) is 5.26 Å². The van der Waals surface area contributed by atoms with Gasteiger partial charge in [-0.05, 0) is 57.5 Å². The Kier molecular flexibility index (Phi) is 10.2. The molecule has 0 fully saturated rings. The van der Waals surface area contributed by atoms with Gasteiger partial charge in [-0.25, -0.2) is 4.79 Å². The van der Waals surface area contributed by atoms with Crippen LogP contribution in [0.1, 0.15) is 44.4 Å². The maximum absolute atomic E-state index is 13.7. The lowest BCUT2D eigenvalue weighted by molar-refractivity contribution is -0.141. The molecule has 4 N–H and O–H groups in total. The second-order valence-electron chi connectivity index (χ2n) is 9.52. The molecular weight excluding hydrogens is 490 g/mol. The third-order valence-corrected chi connectivity index (χ3v) is 5.23. The van der Waals surface area contributed by atoms with E-state index in [2.05, 4.69) is 10.6 Å². The molecule has 0 radical (unpaired) electrons. The van der Waals surface area contributed by atoms with Crippen molar-refractivity contribution in [3.05, 3.63) is 59.7 Å². The van der Waals surface area contributed by atoms with E-state index in [0.717, 1.165) is 10.5 Å². The predicted octanol–water partition coefficient (Wildman–Crippen LogP) is 2.80. The lowest BCUT2D eigenvalue weighted by Gasteiger charge is -2.32. The van der Waals surface area contributed by atoms with Gasteiger partial charge in [0.2, 0.25) is 11.8 Å². The maximum Gasteiger partial charge on any atom is 0.408 e. The number of methoxy groups -OCH3 is 1. The van der Waals surface area contributed by atoms with Gasteiger partial charge in [0.1, 0.15) is 30.0 Å². The molecule has 0 aliphatic heterocycles. The van der Waals surface area contributed by atoms with Crippen LogP contribution in [0, 0.1) is 18.3 Å². The van der Waals surface area contributed by atoms with Crippen molar-refractivity contribution >= 4 is 29.5 Å². The molecule has 38 heavy (non-hydrogen) atoms. The molecule has 0 aliphatic carbocycles. The largest absolute Gasteiger partial charge is 0.497 e. The zero-order chi connectivity index (χ0) is 28.5. The summed E-state index contributed by atoms with van der Waals surface area (Å²) >= 11 is 0. The van der Waals surface area contributed by atoms with Crippen LogP contribution in [-0.4, -0.2) is 54.0 Å². The van der Waals surface area contributed by atoms with Gasteiger partial charge in [0, 0.05) is 5.69 Å². The average Bonchev–Trinajstić information content (AvgIpc) is 2.83. The fraction of sp³-hybridized carbons (Fsp3) is 0.370. The number of nitrogens with one attached hydrogen (secondary N) is 2. The molecule has 0 heterocycles. The summed E-state index contributed by atoms with van der Waals surface area (Å²) in [6.45, 7) is 6.25. The van der Waals surface area contributed by atoms with Crippen molar-refractivity contribution in [1.29, 1.82) is 5.26 Å². The first kappa shape index (κ1) is 29.6. The summed E-state index contributed by atoms with van der Waals surface area (Å²) in [5.41, 5.74) is 6.23. The first-order valence-electron chi connectivity index (χ1n) is 11.8. The minimum absolute atomic E-state index is 0.417. The molecule has 2 aromatic rings. The second kappa shape index (κ2) is 13.1. The Hall–Kier alpha value is -4.59. The normalized spacial score (nSPS) is 12.3. The highest BCUT2D eigenvalue weighted by atomic mass is 16.6. The fourth-order valence-corrected chi connectivity index (χ4v) is 3.53. The van der Waals surface area contributed by atoms with Crippen molar-refractivity contribution in [2.24, 2.45) is 5.73 Å². The number of anilines is 1. The fourth-order valence-electron chi connectivity index (χ4n) is 3.53. The van der Waals surface area contributed by atoms with Crippen LogP contribution in [0.3, 0.4) is 0 Å². The molecule has 0 aromatic heterocycles. The molecule has 0 aliphatic rings. The van der Waals surface area contributed by atoms with Crippen LogP contribution in [0.15, 0.2) is 48.5 Å². The topological polar surface area (TPSA) is 164 Å². The molecule has 2 atom stereocenters. The monoisotopic (exact) mass is 523 g/mol. The number of aryl methyl sites for hydroxylation is 1. The van der Waals surface area contributed by atoms with Crippen LogP contribution in [0.4, 0.5) is 10.5 Å². The molecular formula is C27H33N5O6. The number of hydrogen-bond acceptors (Lipinski definition) is 7. The average molecular weight is 524 g/mol. The Labute approximate surface area is 221 Å². The molecule has 0 spiro atoms. The summed E-state index contributed by atoms with van der Waals surface area (Å²) in [5.74, 6) is -1.75. The van der Waals surface area contributed by atoms with E-state index >= 15 is 0 Å². The van der Waals surface area contributed by atoms with Gasteiger partial charge in [-0.3, -0.25) is 14.4 Å². The smallest absolute Gasteiger partial charge is 0.408 e. The van der Waals surface area contributed by atoms with E-state index < -0.39 is 54.5 Å². The van der Waals surface area contributed by atoms with Crippen molar-refractivity contribution in [3.8, 4) is 11.8 Å². The molecule has 2 aromatic carbocycles. The molecule has 0 saturated heterocycles. The van der Waals surface area contributed by atoms with E-state index in [0.29, 0.717) is 17.0 Å². The third kappa shape index (κ3) is 8.81. The molecule has 0 saturated carbocycles. The zero-order valence-corrected chi connectivity index (χ0v) is 22.1. The minimum Gasteiger partial charge on any atom is -0.497 e. The van der Waals surface area contributed by atoms with Crippen LogP contribution in [0.5, 0.6) is 5.75 Å². The number of nitriles is 1. The number of benzene rings is 2. The molecule has 4 amide bonds. The number of carbonyl (C=O) groups excluding carboxylic acids is 4. The number of rotatable bonds is 10. The molecule has 2 unspecified atom stereocenters. The van der Waals surface area contributed by atoms with E-state index in [1.165, 1.54) is 7.11 Å². The van der Waals surface area contributed by atoms with Gasteiger partial charge in [0.25, 0.3) is 5.91 Å². The standard InChI is InChI=1S/C27H33N5O6/c1-17-6-8-18(9-7-17)23(24(34)30-19-10-12-20(37-5)13-11-19)32(15-14-28)25(35)21(16-22(29)33)31-26(36)38-27(2,3)4/h6-13,21,23H,15-16H2,1-5H3,(H2,29,33)(H,30,34)(H,31,36). The highest BCUT2D eigenvalue weighted by Crippen LogP contribution is 2.26. The number of carbonyl (C=O) groups is 4. The third-order valence-electron chi connectivity index (χ3n) is 5.23. The summed E-state index contributed by atoms with van der Waals surface area (Å²) in [6, 6.07) is 12.5. The SMILES string of the molecule is COc1ccc(NC(=O)C(c2ccc(C)cc2)N(CC#N)C(=O)C(CC(N)=O)NC(=O)OC(C)(C)C)cc1. The van der Waals surface area contributed by atoms with Gasteiger partial charge in [0.15, 0.2) is 0 Å². The number of nitrogens with zero attached hydrogens (tertiary/aromatic N) is 2. The zero-order valence-electron chi connectivity index (χ0n) is 22.1. The summed E-state index contributed by atoms with van der Waals surface area (Å²) in [5, 5.41) is 14.7. The Morgan fingerprint density at radius 2 is 1.66 bits per heavy atom. The van der Waals surface area contributed by atoms with E-state index in [4.69, 9.17) is 15.2 Å². The van der Waals surface area contributed by atoms with Gasteiger partial charge < -0.3 is 30.7 Å². The number of alkyl carbamates (subject to hydrolysis) is 1. The van der Waals surface area contributed by atoms with Crippen LogP contribution < -0.4 is 21.1 Å². The van der Waals surface area contributed by atoms with Gasteiger partial charge in [0.05, 0.1) is 19.6 Å². The van der Waals surface area contributed by atoms with Crippen LogP contribution in [0.2, 0.25) is 0 Å². The molecule has 11 heteroatoms. The Balaban J connectivity index is 2.48. The van der Waals surface area contributed by atoms with E-state index in [1.807, 2.05) is 13.0 Å². The molecule has 2 rings (SSSR count). The Morgan fingerprint density at radius 1 is 1.05 bits per heavy atom. The number of hydrogen-bond donors (Lipinski definition) is 3. The Bertz CT molecular complexity index is 1180. The lowest BCUT2D eigenvalue weighted by Crippen LogP contribution is -2.53. The van der Waals surface area contributed by atoms with E-state index in [1.54, 1.807) is 69.3 Å². The molecule has 11 nitrogen and oxygen atoms in total. The van der Waals surface area contributed by atoms with Crippen molar-refractivity contribution < 1.29 is 28.7 Å². The Morgan fingerprint density at radius 3 is 2.16 bits per heavy atom. The second-order valence-corrected chi connectivity index (χ2v) is 9.52. The van der Waals surface area contributed by atoms with Crippen LogP contribution in [-0.2, 0) is 19.1 Å². The predicted molar refractivity (Wildman–Crippen MR) is 140 cm³/mol. The summed E-state index contributed by atoms with van der Waals surface area (Å²) in [7, 11) is 1.51. The summed E-state index contributed by atoms with van der Waals surface area (Å²) < 4.78 is 10.4. The quantitative estimate of drug-likeness (QED) is 0.403. The van der Waals surface area contributed by atoms with Crippen molar-refractivity contribution in [1.82, 2.24) is 10.2 Å². The van der Waals surface area contributed by atoms with Crippen LogP contribution in [0.25, 0.3) is 0 Å². The van der Waals surface area contributed by atoms with Crippen molar-refractivity contribution in [3.63, 3.8) is 0 Å². The number of amides is 4. The maximum atomic E-state index is 13.7. The van der Waals surface area contributed by atoms with E-state index in [-0.39, 0.29) is 0 Å². The van der Waals surface area contributed by atoms with Crippen LogP contribution >= 0.6 is 0 Å². The lowest BCUT2D eigenvalue weighted by atomic mass is 10.0. The summed E-state index contributed by atoms with van der Waals surface area (Å²) in [6.07, 6.45) is -1.52. The highest BCUT2D eigenvalue weighted by molar-refractivity contribution is 5.99. The first-order valence-corrected chi connectivity index (χ1v) is 11.8. The van der Waals surface area contributed by atoms with Crippen molar-refractivity contribution in [2.75, 3.05) is 19.0 Å². The molecule has 202 valence electrons. The van der Waals surface area contributed by atoms with E-state index in [9.17, 15) is 24.4 Å². The summed E-state index contributed by atoms with van der Waals surface area (Å²) in [4.78, 5) is 52.5. The number of primary amides is 1. The minimum atomic E-state index is -1.47. The van der Waals surface area contributed by atoms with Gasteiger partial charge >= 0.3 is 6.09 Å². The van der Waals surface area contributed by atoms with Gasteiger partial charge in [-0.1, -0.05) is 29.8 Å². The number of ether oxygens (including phenoxy) is 2.